The third kappa shape index (κ3) is 4.11. The van der Waals surface area contributed by atoms with E-state index in [0.29, 0.717) is 5.75 Å². The molecule has 0 aromatic heterocycles. The Kier molecular flexibility index (Phi) is 6.28. The van der Waals surface area contributed by atoms with Gasteiger partial charge in [0, 0.05) is 12.2 Å². The molecule has 1 aliphatic rings. The van der Waals surface area contributed by atoms with Crippen LogP contribution in [-0.2, 0) is 19.1 Å². The van der Waals surface area contributed by atoms with E-state index in [1.807, 2.05) is 6.92 Å². The maximum absolute atomic E-state index is 12.2. The SMILES string of the molecule is CCOC(=O)[C@@H]1CS[C@H](C)N1C(=O)CC[C@H](N)C(=O)O. The first-order chi connectivity index (χ1) is 9.38. The quantitative estimate of drug-likeness (QED) is 0.666. The number of carbonyl (C=O) groups is 3. The fourth-order valence-electron chi connectivity index (χ4n) is 1.97. The Morgan fingerprint density at radius 1 is 1.50 bits per heavy atom. The monoisotopic (exact) mass is 304 g/mol. The van der Waals surface area contributed by atoms with E-state index in [9.17, 15) is 14.4 Å². The van der Waals surface area contributed by atoms with Crippen LogP contribution in [0.1, 0.15) is 26.7 Å². The van der Waals surface area contributed by atoms with Crippen LogP contribution < -0.4 is 5.73 Å². The molecule has 0 aliphatic carbocycles. The summed E-state index contributed by atoms with van der Waals surface area (Å²) in [6.07, 6.45) is 0.0614. The van der Waals surface area contributed by atoms with E-state index in [0.717, 1.165) is 0 Å². The van der Waals surface area contributed by atoms with Gasteiger partial charge in [0.15, 0.2) is 0 Å². The van der Waals surface area contributed by atoms with Crippen LogP contribution in [0.5, 0.6) is 0 Å². The summed E-state index contributed by atoms with van der Waals surface area (Å²) < 4.78 is 4.95. The van der Waals surface area contributed by atoms with Gasteiger partial charge in [-0.15, -0.1) is 11.8 Å². The van der Waals surface area contributed by atoms with Crippen molar-refractivity contribution in [3.63, 3.8) is 0 Å². The molecule has 1 fully saturated rings. The second kappa shape index (κ2) is 7.49. The Morgan fingerprint density at radius 3 is 2.70 bits per heavy atom. The molecule has 114 valence electrons. The lowest BCUT2D eigenvalue weighted by atomic mass is 10.1. The summed E-state index contributed by atoms with van der Waals surface area (Å²) >= 11 is 1.49. The predicted octanol–water partition coefficient (Wildman–Crippen LogP) is 0.0316. The van der Waals surface area contributed by atoms with Crippen molar-refractivity contribution >= 4 is 29.6 Å². The highest BCUT2D eigenvalue weighted by atomic mass is 32.2. The molecule has 0 aromatic rings. The molecule has 0 bridgehead atoms. The number of carboxylic acids is 1. The molecule has 3 atom stereocenters. The third-order valence-electron chi connectivity index (χ3n) is 3.06. The molecule has 0 spiro atoms. The maximum atomic E-state index is 12.2. The number of aliphatic carboxylic acids is 1. The Morgan fingerprint density at radius 2 is 2.15 bits per heavy atom. The lowest BCUT2D eigenvalue weighted by Crippen LogP contribution is -2.46. The average Bonchev–Trinajstić information content (AvgIpc) is 2.77. The first kappa shape index (κ1) is 16.8. The van der Waals surface area contributed by atoms with Gasteiger partial charge < -0.3 is 20.5 Å². The number of thioether (sulfide) groups is 1. The summed E-state index contributed by atoms with van der Waals surface area (Å²) in [5.74, 6) is -1.32. The van der Waals surface area contributed by atoms with Gasteiger partial charge in [-0.3, -0.25) is 9.59 Å². The minimum Gasteiger partial charge on any atom is -0.480 e. The van der Waals surface area contributed by atoms with Crippen molar-refractivity contribution in [3.8, 4) is 0 Å². The van der Waals surface area contributed by atoms with Crippen LogP contribution in [0.25, 0.3) is 0 Å². The van der Waals surface area contributed by atoms with Crippen molar-refractivity contribution in [2.75, 3.05) is 12.4 Å². The van der Waals surface area contributed by atoms with E-state index in [4.69, 9.17) is 15.6 Å². The molecule has 0 aromatic carbocycles. The molecule has 3 N–H and O–H groups in total. The number of esters is 1. The molecule has 1 heterocycles. The molecular weight excluding hydrogens is 284 g/mol. The van der Waals surface area contributed by atoms with Gasteiger partial charge >= 0.3 is 11.9 Å². The van der Waals surface area contributed by atoms with Gasteiger partial charge in [-0.2, -0.15) is 0 Å². The highest BCUT2D eigenvalue weighted by Crippen LogP contribution is 2.30. The molecule has 8 heteroatoms. The molecule has 1 rings (SSSR count). The molecule has 1 saturated heterocycles. The smallest absolute Gasteiger partial charge is 0.329 e. The van der Waals surface area contributed by atoms with Gasteiger partial charge in [0.25, 0.3) is 0 Å². The minimum absolute atomic E-state index is 0.00821. The molecule has 1 amide bonds. The first-order valence-corrected chi connectivity index (χ1v) is 7.51. The molecule has 0 saturated carbocycles. The van der Waals surface area contributed by atoms with Gasteiger partial charge in [-0.05, 0) is 20.3 Å². The van der Waals surface area contributed by atoms with Gasteiger partial charge in [-0.1, -0.05) is 0 Å². The fourth-order valence-corrected chi connectivity index (χ4v) is 3.16. The summed E-state index contributed by atoms with van der Waals surface area (Å²) in [4.78, 5) is 36.1. The van der Waals surface area contributed by atoms with Crippen LogP contribution in [0.15, 0.2) is 0 Å². The third-order valence-corrected chi connectivity index (χ3v) is 4.27. The van der Waals surface area contributed by atoms with E-state index in [2.05, 4.69) is 0 Å². The van der Waals surface area contributed by atoms with E-state index in [1.54, 1.807) is 6.92 Å². The number of carboxylic acid groups (broad SMARTS) is 1. The number of nitrogens with zero attached hydrogens (tertiary/aromatic N) is 1. The van der Waals surface area contributed by atoms with Crippen molar-refractivity contribution < 1.29 is 24.2 Å². The van der Waals surface area contributed by atoms with Crippen LogP contribution in [0.4, 0.5) is 0 Å². The van der Waals surface area contributed by atoms with Gasteiger partial charge in [-0.25, -0.2) is 4.79 Å². The highest BCUT2D eigenvalue weighted by Gasteiger charge is 2.40. The number of hydrogen-bond acceptors (Lipinski definition) is 6. The Balaban J connectivity index is 2.63. The second-order valence-electron chi connectivity index (χ2n) is 4.48. The first-order valence-electron chi connectivity index (χ1n) is 6.46. The number of hydrogen-bond donors (Lipinski definition) is 2. The standard InChI is InChI=1S/C12H20N2O5S/c1-3-19-12(18)9-6-20-7(2)14(9)10(15)5-4-8(13)11(16)17/h7-9H,3-6,13H2,1-2H3,(H,16,17)/t7-,8+,9+/m1/s1. The van der Waals surface area contributed by atoms with Gasteiger partial charge in [0.05, 0.1) is 12.0 Å². The van der Waals surface area contributed by atoms with Crippen molar-refractivity contribution in [2.24, 2.45) is 5.73 Å². The Labute approximate surface area is 121 Å². The lowest BCUT2D eigenvalue weighted by Gasteiger charge is -2.26. The predicted molar refractivity (Wildman–Crippen MR) is 74.0 cm³/mol. The molecule has 0 radical (unpaired) electrons. The van der Waals surface area contributed by atoms with Crippen LogP contribution in [0.2, 0.25) is 0 Å². The zero-order valence-corrected chi connectivity index (χ0v) is 12.4. The zero-order valence-electron chi connectivity index (χ0n) is 11.6. The second-order valence-corrected chi connectivity index (χ2v) is 5.83. The van der Waals surface area contributed by atoms with E-state index in [1.165, 1.54) is 16.7 Å². The number of carbonyl (C=O) groups excluding carboxylic acids is 2. The molecule has 0 unspecified atom stereocenters. The summed E-state index contributed by atoms with van der Waals surface area (Å²) in [5, 5.41) is 8.57. The minimum atomic E-state index is -1.14. The Hall–Kier alpha value is -1.28. The normalized spacial score (nSPS) is 23.4. The topological polar surface area (TPSA) is 110 Å². The lowest BCUT2D eigenvalue weighted by molar-refractivity contribution is -0.153. The van der Waals surface area contributed by atoms with Crippen molar-refractivity contribution in [1.29, 1.82) is 0 Å². The largest absolute Gasteiger partial charge is 0.480 e. The van der Waals surface area contributed by atoms with Gasteiger partial charge in [0.1, 0.15) is 12.1 Å². The van der Waals surface area contributed by atoms with Crippen LogP contribution >= 0.6 is 11.8 Å². The Bertz CT molecular complexity index is 390. The summed E-state index contributed by atoms with van der Waals surface area (Å²) in [6, 6.07) is -1.66. The number of nitrogens with two attached hydrogens (primary N) is 1. The van der Waals surface area contributed by atoms with E-state index >= 15 is 0 Å². The van der Waals surface area contributed by atoms with Crippen molar-refractivity contribution in [3.05, 3.63) is 0 Å². The molecule has 20 heavy (non-hydrogen) atoms. The highest BCUT2D eigenvalue weighted by molar-refractivity contribution is 8.00. The van der Waals surface area contributed by atoms with E-state index in [-0.39, 0.29) is 30.7 Å². The summed E-state index contributed by atoms with van der Waals surface area (Å²) in [6.45, 7) is 3.81. The number of rotatable bonds is 6. The molecule has 1 aliphatic heterocycles. The average molecular weight is 304 g/mol. The van der Waals surface area contributed by atoms with Crippen LogP contribution in [-0.4, -0.2) is 57.7 Å². The van der Waals surface area contributed by atoms with Crippen molar-refractivity contribution in [2.45, 2.75) is 44.1 Å². The maximum Gasteiger partial charge on any atom is 0.329 e. The number of ether oxygens (including phenoxy) is 1. The van der Waals surface area contributed by atoms with Crippen LogP contribution in [0, 0.1) is 0 Å². The van der Waals surface area contributed by atoms with Crippen molar-refractivity contribution in [1.82, 2.24) is 4.90 Å². The van der Waals surface area contributed by atoms with E-state index < -0.39 is 24.0 Å². The van der Waals surface area contributed by atoms with Crippen LogP contribution in [0.3, 0.4) is 0 Å². The molecule has 7 nitrogen and oxygen atoms in total. The fraction of sp³-hybridized carbons (Fsp3) is 0.750. The van der Waals surface area contributed by atoms with Gasteiger partial charge in [0.2, 0.25) is 5.91 Å². The molecular formula is C12H20N2O5S. The zero-order chi connectivity index (χ0) is 15.3. The summed E-state index contributed by atoms with van der Waals surface area (Å²) in [7, 11) is 0. The summed E-state index contributed by atoms with van der Waals surface area (Å²) in [5.41, 5.74) is 5.37. The number of amides is 1.